The maximum atomic E-state index is 4.88. The van der Waals surface area contributed by atoms with Crippen molar-refractivity contribution in [3.63, 3.8) is 0 Å². The van der Waals surface area contributed by atoms with Crippen LogP contribution in [0.4, 0.5) is 0 Å². The summed E-state index contributed by atoms with van der Waals surface area (Å²) >= 11 is 0. The van der Waals surface area contributed by atoms with Gasteiger partial charge in [0.2, 0.25) is 0 Å². The smallest absolute Gasteiger partial charge is 0.164 e. The molecule has 0 aliphatic heterocycles. The molecule has 22 aromatic rings. The Morgan fingerprint density at radius 3 is 0.776 bits per heavy atom. The number of unbranched alkanes of at least 4 members (excludes halogenated alkanes) is 9. The molecule has 6 nitrogen and oxygen atoms in total. The molecule has 0 fully saturated rings. The zero-order valence-corrected chi connectivity index (χ0v) is 85.0. The Morgan fingerprint density at radius 1 is 0.196 bits per heavy atom. The third kappa shape index (κ3) is 19.5. The number of rotatable bonds is 21. The van der Waals surface area contributed by atoms with Crippen LogP contribution in [0.25, 0.3) is 161 Å². The summed E-state index contributed by atoms with van der Waals surface area (Å²) in [6, 6.07) is 141. The number of hydrogen-bond acceptors (Lipinski definition) is 3. The molecule has 143 heavy (non-hydrogen) atoms. The van der Waals surface area contributed by atoms with Crippen molar-refractivity contribution >= 4 is 65.4 Å². The minimum Gasteiger partial charge on any atom is -0.309 e. The lowest BCUT2D eigenvalue weighted by atomic mass is 9.87. The van der Waals surface area contributed by atoms with Crippen LogP contribution < -0.4 is 0 Å². The summed E-state index contributed by atoms with van der Waals surface area (Å²) in [6.45, 7) is 28.2. The van der Waals surface area contributed by atoms with Crippen LogP contribution in [0.5, 0.6) is 0 Å². The first-order valence-corrected chi connectivity index (χ1v) is 51.7. The molecular weight excluding hydrogens is 1730 g/mol. The predicted molar refractivity (Wildman–Crippen MR) is 607 cm³/mol. The van der Waals surface area contributed by atoms with E-state index in [4.69, 9.17) is 15.0 Å². The van der Waals surface area contributed by atoms with Crippen molar-refractivity contribution in [2.45, 2.75) is 172 Å². The molecule has 0 N–H and O–H groups in total. The lowest BCUT2D eigenvalue weighted by Gasteiger charge is -2.16. The van der Waals surface area contributed by atoms with E-state index in [0.29, 0.717) is 11.6 Å². The third-order valence-electron chi connectivity index (χ3n) is 29.6. The van der Waals surface area contributed by atoms with Crippen LogP contribution in [0.2, 0.25) is 0 Å². The van der Waals surface area contributed by atoms with Crippen molar-refractivity contribution in [3.8, 4) is 95.7 Å². The highest BCUT2D eigenvalue weighted by Crippen LogP contribution is 2.53. The first-order chi connectivity index (χ1) is 69.7. The van der Waals surface area contributed by atoms with E-state index in [9.17, 15) is 0 Å². The molecule has 0 amide bonds. The SMILES string of the molecule is CCCCCCCCCCCCc1ccc(-c2nc(-c3ccc(C)cc3)nc(-c3ccc(C)cc3)n2)cc1.Cc1ccc(-c2ccc3c(c2)c2cc(-c4ccc(C)cc4)ccc2n3-c2ccccc2)cc1.Cc1ccc(-n2c3ccc(C)cc3c3cc(C)ccc32)cc1.Cc1ccc(-n2c3ccc(C4c5ccc(C)cc5-c5cc(C)ccc54)cc3c3cc(C4c5ccc(C)cc5-c5cc(C)ccc54)ccc32)cc1. The van der Waals surface area contributed by atoms with Crippen LogP contribution in [0.15, 0.2) is 382 Å². The number of fused-ring (bicyclic) bond motifs is 15. The molecule has 2 aliphatic rings. The Labute approximate surface area is 844 Å². The zero-order chi connectivity index (χ0) is 98.0. The number of aryl methyl sites for hydroxylation is 13. The molecule has 0 unspecified atom stereocenters. The van der Waals surface area contributed by atoms with Gasteiger partial charge in [-0.2, -0.15) is 0 Å². The van der Waals surface area contributed by atoms with E-state index in [0.717, 1.165) is 28.9 Å². The van der Waals surface area contributed by atoms with E-state index in [1.165, 1.54) is 297 Å². The van der Waals surface area contributed by atoms with Crippen LogP contribution in [0.1, 0.15) is 189 Å². The summed E-state index contributed by atoms with van der Waals surface area (Å²) in [5, 5.41) is 7.83. The third-order valence-corrected chi connectivity index (χ3v) is 29.6. The maximum Gasteiger partial charge on any atom is 0.164 e. The minimum atomic E-state index is 0.201. The molecule has 0 saturated carbocycles. The summed E-state index contributed by atoms with van der Waals surface area (Å²) in [5.41, 5.74) is 49.7. The Morgan fingerprint density at radius 2 is 0.441 bits per heavy atom. The second-order valence-electron chi connectivity index (χ2n) is 40.7. The van der Waals surface area contributed by atoms with Crippen LogP contribution in [-0.2, 0) is 6.42 Å². The standard InChI is InChI=1S/C49H39N.C35H43N3.C32H25N.C21H19N/c1-28-6-14-35(15-7-28)50-46-20-12-33(48-36-16-8-29(2)22-40(36)41-23-30(3)9-17-37(41)48)26-44(46)45-27-34(13-21-47(45)50)49-38-18-10-31(4)24-42(38)43-25-32(5)11-19-39(43)49;1-4-5-6-7-8-9-10-11-12-13-14-29-19-25-32(26-20-29)35-37-33(30-21-15-27(2)16-22-30)36-34(38-35)31-23-17-28(3)18-24-31;1-22-8-12-24(13-9-22)26-16-18-31-29(20-26)30-21-27(25-14-10-23(2)11-15-25)17-19-32(30)33(31)28-6-4-3-5-7-28;1-14-4-8-17(9-5-14)22-20-10-6-15(2)12-18(20)19-13-16(3)7-11-21(19)22/h6-27,48-49H,1-5H3;15-26H,4-14H2,1-3H3;3-21H,1-2H3;4-13H,1-3H3. The average molecular weight is 1860 g/mol. The van der Waals surface area contributed by atoms with Crippen molar-refractivity contribution in [1.29, 1.82) is 0 Å². The molecule has 18 aromatic carbocycles. The molecule has 0 radical (unpaired) electrons. The van der Waals surface area contributed by atoms with Gasteiger partial charge in [-0.1, -0.05) is 404 Å². The zero-order valence-electron chi connectivity index (χ0n) is 85.0. The minimum absolute atomic E-state index is 0.201. The van der Waals surface area contributed by atoms with E-state index in [-0.39, 0.29) is 11.8 Å². The summed E-state index contributed by atoms with van der Waals surface area (Å²) < 4.78 is 7.20. The van der Waals surface area contributed by atoms with Gasteiger partial charge in [0.25, 0.3) is 0 Å². The monoisotopic (exact) mass is 1860 g/mol. The van der Waals surface area contributed by atoms with Crippen LogP contribution in [0, 0.1) is 83.1 Å². The molecule has 6 heteroatoms. The highest BCUT2D eigenvalue weighted by Gasteiger charge is 2.34. The first-order valence-electron chi connectivity index (χ1n) is 51.7. The Hall–Kier alpha value is -15.6. The van der Waals surface area contributed by atoms with Gasteiger partial charge >= 0.3 is 0 Å². The molecule has 24 rings (SSSR count). The number of nitrogens with zero attached hydrogens (tertiary/aromatic N) is 6. The lowest BCUT2D eigenvalue weighted by Crippen LogP contribution is -2.00. The van der Waals surface area contributed by atoms with E-state index in [1.54, 1.807) is 0 Å². The van der Waals surface area contributed by atoms with E-state index < -0.39 is 0 Å². The fourth-order valence-corrected chi connectivity index (χ4v) is 21.8. The van der Waals surface area contributed by atoms with Crippen molar-refractivity contribution in [3.05, 3.63) is 488 Å². The molecule has 4 aromatic heterocycles. The predicted octanol–water partition coefficient (Wildman–Crippen LogP) is 37.0. The van der Waals surface area contributed by atoms with Gasteiger partial charge in [0, 0.05) is 77.9 Å². The second kappa shape index (κ2) is 40.9. The number of benzene rings is 18. The van der Waals surface area contributed by atoms with Crippen molar-refractivity contribution in [1.82, 2.24) is 28.7 Å². The topological polar surface area (TPSA) is 53.5 Å². The number of aromatic nitrogens is 6. The highest BCUT2D eigenvalue weighted by molar-refractivity contribution is 6.13. The number of hydrogen-bond donors (Lipinski definition) is 0. The average Bonchev–Trinajstić information content (AvgIpc) is 1.56. The van der Waals surface area contributed by atoms with Gasteiger partial charge in [-0.25, -0.2) is 15.0 Å². The first kappa shape index (κ1) is 93.7. The molecule has 4 heterocycles. The molecular formula is C137H126N6. The largest absolute Gasteiger partial charge is 0.309 e. The van der Waals surface area contributed by atoms with Crippen molar-refractivity contribution in [2.75, 3.05) is 0 Å². The fourth-order valence-electron chi connectivity index (χ4n) is 21.8. The Balaban J connectivity index is 0.000000117. The van der Waals surface area contributed by atoms with Gasteiger partial charge < -0.3 is 13.7 Å². The van der Waals surface area contributed by atoms with Gasteiger partial charge in [-0.15, -0.1) is 0 Å². The van der Waals surface area contributed by atoms with Gasteiger partial charge in [0.15, 0.2) is 17.5 Å². The normalized spacial score (nSPS) is 12.1. The summed E-state index contributed by atoms with van der Waals surface area (Å²) in [4.78, 5) is 14.6. The molecule has 0 saturated heterocycles. The quantitative estimate of drug-likeness (QED) is 0.0674. The van der Waals surface area contributed by atoms with Crippen LogP contribution >= 0.6 is 0 Å². The molecule has 0 bridgehead atoms. The summed E-state index contributed by atoms with van der Waals surface area (Å²) in [5.74, 6) is 2.54. The molecule has 0 spiro atoms. The van der Waals surface area contributed by atoms with Gasteiger partial charge in [0.05, 0.1) is 33.1 Å². The van der Waals surface area contributed by atoms with Gasteiger partial charge in [-0.3, -0.25) is 0 Å². The Kier molecular flexibility index (Phi) is 26.8. The van der Waals surface area contributed by atoms with Crippen molar-refractivity contribution in [2.24, 2.45) is 0 Å². The maximum absolute atomic E-state index is 4.88. The summed E-state index contributed by atoms with van der Waals surface area (Å²) in [7, 11) is 0. The highest BCUT2D eigenvalue weighted by atomic mass is 15.0. The lowest BCUT2D eigenvalue weighted by molar-refractivity contribution is 0.556. The number of para-hydroxylation sites is 1. The van der Waals surface area contributed by atoms with E-state index in [1.807, 2.05) is 0 Å². The van der Waals surface area contributed by atoms with Crippen LogP contribution in [0.3, 0.4) is 0 Å². The molecule has 704 valence electrons. The Bertz CT molecular complexity index is 7940. The van der Waals surface area contributed by atoms with Gasteiger partial charge in [0.1, 0.15) is 0 Å². The van der Waals surface area contributed by atoms with Crippen molar-refractivity contribution < 1.29 is 0 Å². The van der Waals surface area contributed by atoms with E-state index in [2.05, 4.69) is 486 Å². The van der Waals surface area contributed by atoms with Gasteiger partial charge in [-0.05, 0) is 289 Å². The second-order valence-corrected chi connectivity index (χ2v) is 40.7. The van der Waals surface area contributed by atoms with Crippen LogP contribution in [-0.4, -0.2) is 28.7 Å². The molecule has 0 atom stereocenters. The fraction of sp³-hybridized carbons (Fsp3) is 0.190. The summed E-state index contributed by atoms with van der Waals surface area (Å²) in [6.07, 6.45) is 14.8. The molecule has 2 aliphatic carbocycles. The van der Waals surface area contributed by atoms with E-state index >= 15 is 0 Å².